The number of hydrogen-bond donors (Lipinski definition) is 1. The van der Waals surface area contributed by atoms with Crippen LogP contribution >= 0.6 is 0 Å². The van der Waals surface area contributed by atoms with Gasteiger partial charge in [0.25, 0.3) is 0 Å². The zero-order valence-corrected chi connectivity index (χ0v) is 15.5. The Morgan fingerprint density at radius 3 is 2.00 bits per heavy atom. The van der Waals surface area contributed by atoms with Gasteiger partial charge in [0.15, 0.2) is 0 Å². The van der Waals surface area contributed by atoms with E-state index in [4.69, 9.17) is 5.26 Å². The van der Waals surface area contributed by atoms with Gasteiger partial charge in [-0.15, -0.1) is 10.2 Å². The van der Waals surface area contributed by atoms with Crippen molar-refractivity contribution in [1.29, 1.82) is 5.26 Å². The monoisotopic (exact) mass is 375 g/mol. The summed E-state index contributed by atoms with van der Waals surface area (Å²) in [6.45, 7) is 0. The van der Waals surface area contributed by atoms with Crippen LogP contribution in [0.1, 0.15) is 5.56 Å². The van der Waals surface area contributed by atoms with E-state index in [2.05, 4.69) is 16.3 Å². The molecule has 0 aliphatic carbocycles. The summed E-state index contributed by atoms with van der Waals surface area (Å²) in [7, 11) is 0. The first kappa shape index (κ1) is 18.1. The van der Waals surface area contributed by atoms with Crippen LogP contribution in [0.5, 0.6) is 5.75 Å². The van der Waals surface area contributed by atoms with Gasteiger partial charge in [0, 0.05) is 17.2 Å². The second-order valence-electron chi connectivity index (χ2n) is 6.47. The quantitative estimate of drug-likeness (QED) is 0.390. The minimum absolute atomic E-state index is 0.118. The number of phenols is 1. The number of phenolic OH excluding ortho intramolecular Hbond substituents is 1. The molecule has 0 saturated heterocycles. The third kappa shape index (κ3) is 4.05. The number of benzene rings is 4. The summed E-state index contributed by atoms with van der Waals surface area (Å²) in [5.41, 5.74) is 5.66. The molecule has 0 fully saturated rings. The van der Waals surface area contributed by atoms with Crippen molar-refractivity contribution >= 4 is 11.4 Å². The van der Waals surface area contributed by atoms with Gasteiger partial charge in [-0.2, -0.15) is 5.26 Å². The van der Waals surface area contributed by atoms with E-state index in [0.717, 1.165) is 27.9 Å². The second kappa shape index (κ2) is 8.20. The molecule has 0 spiro atoms. The molecule has 4 heteroatoms. The summed E-state index contributed by atoms with van der Waals surface area (Å²) in [6.07, 6.45) is 0. The highest BCUT2D eigenvalue weighted by atomic mass is 16.3. The van der Waals surface area contributed by atoms with E-state index in [1.165, 1.54) is 0 Å². The van der Waals surface area contributed by atoms with Gasteiger partial charge in [-0.1, -0.05) is 60.7 Å². The summed E-state index contributed by atoms with van der Waals surface area (Å²) in [5, 5.41) is 27.9. The number of nitrogens with zero attached hydrogens (tertiary/aromatic N) is 3. The molecule has 0 aromatic heterocycles. The Bertz CT molecular complexity index is 1210. The molecule has 1 N–H and O–H groups in total. The summed E-state index contributed by atoms with van der Waals surface area (Å²) in [4.78, 5) is 0. The van der Waals surface area contributed by atoms with E-state index in [1.54, 1.807) is 30.3 Å². The SMILES string of the molecule is N#Cc1ccc(-c2ccc(O)cc2N=Nc2ccccc2-c2ccccc2)cc1. The molecule has 0 bridgehead atoms. The molecule has 4 aromatic carbocycles. The third-order valence-corrected chi connectivity index (χ3v) is 4.56. The van der Waals surface area contributed by atoms with Crippen molar-refractivity contribution in [2.24, 2.45) is 10.2 Å². The van der Waals surface area contributed by atoms with E-state index in [-0.39, 0.29) is 5.75 Å². The molecule has 0 saturated carbocycles. The van der Waals surface area contributed by atoms with E-state index in [0.29, 0.717) is 11.3 Å². The fraction of sp³-hybridized carbons (Fsp3) is 0. The number of aromatic hydroxyl groups is 1. The van der Waals surface area contributed by atoms with E-state index in [1.807, 2.05) is 66.7 Å². The van der Waals surface area contributed by atoms with E-state index >= 15 is 0 Å². The molecular weight excluding hydrogens is 358 g/mol. The maximum absolute atomic E-state index is 9.95. The third-order valence-electron chi connectivity index (χ3n) is 4.56. The van der Waals surface area contributed by atoms with Crippen molar-refractivity contribution in [3.8, 4) is 34.1 Å². The first-order chi connectivity index (χ1) is 14.2. The minimum Gasteiger partial charge on any atom is -0.508 e. The number of azo groups is 1. The van der Waals surface area contributed by atoms with Gasteiger partial charge in [0.1, 0.15) is 5.75 Å². The number of nitriles is 1. The first-order valence-electron chi connectivity index (χ1n) is 9.14. The lowest BCUT2D eigenvalue weighted by atomic mass is 10.0. The Morgan fingerprint density at radius 1 is 0.621 bits per heavy atom. The van der Waals surface area contributed by atoms with Gasteiger partial charge in [0.2, 0.25) is 0 Å². The van der Waals surface area contributed by atoms with Crippen LogP contribution in [0, 0.1) is 11.3 Å². The first-order valence-corrected chi connectivity index (χ1v) is 9.14. The van der Waals surface area contributed by atoms with Gasteiger partial charge in [-0.25, -0.2) is 0 Å². The van der Waals surface area contributed by atoms with Crippen LogP contribution in [-0.2, 0) is 0 Å². The summed E-state index contributed by atoms with van der Waals surface area (Å²) in [5.74, 6) is 0.118. The molecule has 0 atom stereocenters. The van der Waals surface area contributed by atoms with Crippen LogP contribution in [0.25, 0.3) is 22.3 Å². The number of hydrogen-bond acceptors (Lipinski definition) is 4. The zero-order chi connectivity index (χ0) is 20.1. The van der Waals surface area contributed by atoms with Crippen LogP contribution in [0.4, 0.5) is 11.4 Å². The average Bonchev–Trinajstić information content (AvgIpc) is 2.79. The van der Waals surface area contributed by atoms with Gasteiger partial charge in [-0.05, 0) is 41.5 Å². The highest BCUT2D eigenvalue weighted by molar-refractivity contribution is 5.78. The molecule has 4 nitrogen and oxygen atoms in total. The Labute approximate surface area is 169 Å². The fourth-order valence-corrected chi connectivity index (χ4v) is 3.10. The van der Waals surface area contributed by atoms with Crippen LogP contribution in [0.2, 0.25) is 0 Å². The molecule has 4 rings (SSSR count). The Hall–Kier alpha value is -4.23. The highest BCUT2D eigenvalue weighted by Crippen LogP contribution is 2.36. The van der Waals surface area contributed by atoms with Gasteiger partial charge in [0.05, 0.1) is 23.0 Å². The summed E-state index contributed by atoms with van der Waals surface area (Å²) < 4.78 is 0. The second-order valence-corrected chi connectivity index (χ2v) is 6.47. The Morgan fingerprint density at radius 2 is 1.24 bits per heavy atom. The highest BCUT2D eigenvalue weighted by Gasteiger charge is 2.08. The minimum atomic E-state index is 0.118. The topological polar surface area (TPSA) is 68.7 Å². The summed E-state index contributed by atoms with van der Waals surface area (Å²) >= 11 is 0. The Kier molecular flexibility index (Phi) is 5.13. The molecule has 0 amide bonds. The molecule has 0 unspecified atom stereocenters. The fourth-order valence-electron chi connectivity index (χ4n) is 3.10. The normalized spacial score (nSPS) is 10.7. The molecule has 0 aliphatic heterocycles. The van der Waals surface area contributed by atoms with Crippen LogP contribution in [0.3, 0.4) is 0 Å². The van der Waals surface area contributed by atoms with Crippen molar-refractivity contribution in [1.82, 2.24) is 0 Å². The lowest BCUT2D eigenvalue weighted by molar-refractivity contribution is 0.475. The molecule has 0 radical (unpaired) electrons. The van der Waals surface area contributed by atoms with Crippen LogP contribution in [-0.4, -0.2) is 5.11 Å². The predicted molar refractivity (Wildman–Crippen MR) is 114 cm³/mol. The lowest BCUT2D eigenvalue weighted by Gasteiger charge is -2.07. The Balaban J connectivity index is 1.75. The molecular formula is C25H17N3O. The summed E-state index contributed by atoms with van der Waals surface area (Å²) in [6, 6.07) is 32.2. The smallest absolute Gasteiger partial charge is 0.117 e. The van der Waals surface area contributed by atoms with Crippen molar-refractivity contribution in [3.63, 3.8) is 0 Å². The van der Waals surface area contributed by atoms with E-state index < -0.39 is 0 Å². The standard InChI is InChI=1S/C25H17N3O/c26-17-18-10-12-20(13-11-18)23-15-14-21(29)16-25(23)28-27-24-9-5-4-8-22(24)19-6-2-1-3-7-19/h1-16,29H. The average molecular weight is 375 g/mol. The van der Waals surface area contributed by atoms with Crippen molar-refractivity contribution in [2.45, 2.75) is 0 Å². The molecule has 29 heavy (non-hydrogen) atoms. The van der Waals surface area contributed by atoms with Gasteiger partial charge in [-0.3, -0.25) is 0 Å². The zero-order valence-electron chi connectivity index (χ0n) is 15.5. The van der Waals surface area contributed by atoms with Gasteiger partial charge >= 0.3 is 0 Å². The van der Waals surface area contributed by atoms with Gasteiger partial charge < -0.3 is 5.11 Å². The number of rotatable bonds is 4. The van der Waals surface area contributed by atoms with Crippen LogP contribution < -0.4 is 0 Å². The largest absolute Gasteiger partial charge is 0.508 e. The van der Waals surface area contributed by atoms with Crippen molar-refractivity contribution in [3.05, 3.63) is 103 Å². The molecule has 0 aliphatic rings. The van der Waals surface area contributed by atoms with E-state index in [9.17, 15) is 5.11 Å². The molecule has 138 valence electrons. The van der Waals surface area contributed by atoms with Crippen molar-refractivity contribution in [2.75, 3.05) is 0 Å². The molecule has 0 heterocycles. The maximum Gasteiger partial charge on any atom is 0.117 e. The molecule has 4 aromatic rings. The maximum atomic E-state index is 9.95. The van der Waals surface area contributed by atoms with Crippen molar-refractivity contribution < 1.29 is 5.11 Å². The lowest BCUT2D eigenvalue weighted by Crippen LogP contribution is -1.81. The van der Waals surface area contributed by atoms with Crippen LogP contribution in [0.15, 0.2) is 107 Å². The predicted octanol–water partition coefficient (Wildman–Crippen LogP) is 7.01.